The number of benzene rings is 1. The third kappa shape index (κ3) is 3.95. The van der Waals surface area contributed by atoms with Gasteiger partial charge in [0.25, 0.3) is 0 Å². The van der Waals surface area contributed by atoms with Crippen LogP contribution in [0.5, 0.6) is 0 Å². The van der Waals surface area contributed by atoms with Gasteiger partial charge in [-0.05, 0) is 30.2 Å². The van der Waals surface area contributed by atoms with Gasteiger partial charge in [-0.15, -0.1) is 0 Å². The zero-order valence-corrected chi connectivity index (χ0v) is 11.3. The van der Waals surface area contributed by atoms with E-state index in [9.17, 15) is 0 Å². The fourth-order valence-corrected chi connectivity index (χ4v) is 1.86. The van der Waals surface area contributed by atoms with Crippen LogP contribution in [0.4, 0.5) is 0 Å². The summed E-state index contributed by atoms with van der Waals surface area (Å²) >= 11 is 6.76. The second-order valence-electron chi connectivity index (χ2n) is 3.19. The van der Waals surface area contributed by atoms with Crippen molar-refractivity contribution in [1.29, 1.82) is 0 Å². The Balaban J connectivity index is 2.55. The van der Waals surface area contributed by atoms with Gasteiger partial charge in [-0.25, -0.2) is 0 Å². The minimum atomic E-state index is 0.801. The van der Waals surface area contributed by atoms with Crippen molar-refractivity contribution in [1.82, 2.24) is 5.32 Å². The maximum atomic E-state index is 3.77. The Morgan fingerprint density at radius 1 is 1.50 bits per heavy atom. The number of aryl methyl sites for hydroxylation is 1. The van der Waals surface area contributed by atoms with Crippen LogP contribution in [0.3, 0.4) is 0 Å². The summed E-state index contributed by atoms with van der Waals surface area (Å²) in [5, 5.41) is 3.30. The Labute approximate surface area is 102 Å². The number of hydrogen-bond acceptors (Lipinski definition) is 1. The molecule has 0 bridgehead atoms. The lowest BCUT2D eigenvalue weighted by molar-refractivity contribution is 0.753. The summed E-state index contributed by atoms with van der Waals surface area (Å²) in [6.07, 6.45) is 0. The Kier molecular flexibility index (Phi) is 4.85. The molecule has 1 aromatic rings. The Morgan fingerprint density at radius 3 is 2.79 bits per heavy atom. The van der Waals surface area contributed by atoms with Crippen molar-refractivity contribution in [2.75, 3.05) is 6.54 Å². The SMILES string of the molecule is C=C(Br)CNCc1ccc(Br)cc1C. The molecule has 14 heavy (non-hydrogen) atoms. The van der Waals surface area contributed by atoms with Crippen molar-refractivity contribution in [3.8, 4) is 0 Å². The van der Waals surface area contributed by atoms with E-state index in [1.165, 1.54) is 11.1 Å². The topological polar surface area (TPSA) is 12.0 Å². The summed E-state index contributed by atoms with van der Waals surface area (Å²) in [5.74, 6) is 0. The van der Waals surface area contributed by atoms with E-state index in [1.807, 2.05) is 0 Å². The van der Waals surface area contributed by atoms with Gasteiger partial charge in [0.2, 0.25) is 0 Å². The van der Waals surface area contributed by atoms with Gasteiger partial charge >= 0.3 is 0 Å². The highest BCUT2D eigenvalue weighted by Gasteiger charge is 1.98. The van der Waals surface area contributed by atoms with Crippen LogP contribution in [0.1, 0.15) is 11.1 Å². The van der Waals surface area contributed by atoms with Crippen LogP contribution in [0, 0.1) is 6.92 Å². The Bertz CT molecular complexity index is 334. The van der Waals surface area contributed by atoms with E-state index < -0.39 is 0 Å². The highest BCUT2D eigenvalue weighted by molar-refractivity contribution is 9.11. The minimum absolute atomic E-state index is 0.801. The van der Waals surface area contributed by atoms with Gasteiger partial charge in [0.1, 0.15) is 0 Å². The summed E-state index contributed by atoms with van der Waals surface area (Å²) in [4.78, 5) is 0. The lowest BCUT2D eigenvalue weighted by atomic mass is 10.1. The fraction of sp³-hybridized carbons (Fsp3) is 0.273. The summed E-state index contributed by atoms with van der Waals surface area (Å²) in [6.45, 7) is 7.57. The van der Waals surface area contributed by atoms with Crippen LogP contribution in [0.25, 0.3) is 0 Å². The number of rotatable bonds is 4. The molecule has 0 aliphatic rings. The van der Waals surface area contributed by atoms with Gasteiger partial charge in [0.15, 0.2) is 0 Å². The van der Waals surface area contributed by atoms with Gasteiger partial charge in [0.05, 0.1) is 0 Å². The maximum absolute atomic E-state index is 3.77. The van der Waals surface area contributed by atoms with Crippen LogP contribution < -0.4 is 5.32 Å². The molecule has 0 aliphatic carbocycles. The number of hydrogen-bond donors (Lipinski definition) is 1. The predicted molar refractivity (Wildman–Crippen MR) is 68.7 cm³/mol. The molecule has 0 atom stereocenters. The predicted octanol–water partition coefficient (Wildman–Crippen LogP) is 3.76. The third-order valence-corrected chi connectivity index (χ3v) is 2.71. The van der Waals surface area contributed by atoms with Gasteiger partial charge in [-0.1, -0.05) is 44.5 Å². The summed E-state index contributed by atoms with van der Waals surface area (Å²) < 4.78 is 2.11. The molecule has 0 saturated carbocycles. The Hall–Kier alpha value is -0.120. The minimum Gasteiger partial charge on any atom is -0.308 e. The second-order valence-corrected chi connectivity index (χ2v) is 5.23. The van der Waals surface area contributed by atoms with Crippen molar-refractivity contribution < 1.29 is 0 Å². The molecule has 0 saturated heterocycles. The molecule has 1 N–H and O–H groups in total. The molecule has 0 fully saturated rings. The molecule has 0 aromatic heterocycles. The van der Waals surface area contributed by atoms with E-state index in [-0.39, 0.29) is 0 Å². The average molecular weight is 319 g/mol. The first-order valence-corrected chi connectivity index (χ1v) is 5.97. The van der Waals surface area contributed by atoms with Crippen LogP contribution in [-0.2, 0) is 6.54 Å². The highest BCUT2D eigenvalue weighted by Crippen LogP contribution is 2.15. The molecule has 0 aliphatic heterocycles. The zero-order valence-electron chi connectivity index (χ0n) is 8.11. The van der Waals surface area contributed by atoms with Crippen molar-refractivity contribution in [2.24, 2.45) is 0 Å². The standard InChI is InChI=1S/C11H13Br2N/c1-8-5-11(13)4-3-10(8)7-14-6-9(2)12/h3-5,14H,2,6-7H2,1H3. The largest absolute Gasteiger partial charge is 0.308 e. The molecular weight excluding hydrogens is 306 g/mol. The average Bonchev–Trinajstić information content (AvgIpc) is 2.08. The van der Waals surface area contributed by atoms with E-state index in [0.717, 1.165) is 22.0 Å². The molecule has 0 heterocycles. The molecule has 3 heteroatoms. The third-order valence-electron chi connectivity index (χ3n) is 1.94. The molecule has 1 rings (SSSR count). The first kappa shape index (κ1) is 12.0. The molecule has 0 spiro atoms. The summed E-state index contributed by atoms with van der Waals surface area (Å²) in [7, 11) is 0. The quantitative estimate of drug-likeness (QED) is 0.891. The first-order valence-electron chi connectivity index (χ1n) is 4.38. The summed E-state index contributed by atoms with van der Waals surface area (Å²) in [6, 6.07) is 6.32. The second kappa shape index (κ2) is 5.69. The van der Waals surface area contributed by atoms with E-state index in [4.69, 9.17) is 0 Å². The van der Waals surface area contributed by atoms with Crippen molar-refractivity contribution in [2.45, 2.75) is 13.5 Å². The fourth-order valence-electron chi connectivity index (χ4n) is 1.19. The maximum Gasteiger partial charge on any atom is 0.0268 e. The molecule has 1 aromatic carbocycles. The summed E-state index contributed by atoms with van der Waals surface area (Å²) in [5.41, 5.74) is 2.62. The zero-order chi connectivity index (χ0) is 10.6. The molecule has 76 valence electrons. The number of halogens is 2. The molecule has 1 nitrogen and oxygen atoms in total. The van der Waals surface area contributed by atoms with Gasteiger partial charge in [0, 0.05) is 22.0 Å². The molecule has 0 amide bonds. The van der Waals surface area contributed by atoms with E-state index in [2.05, 4.69) is 68.9 Å². The highest BCUT2D eigenvalue weighted by atomic mass is 79.9. The lowest BCUT2D eigenvalue weighted by Gasteiger charge is -2.07. The monoisotopic (exact) mass is 317 g/mol. The van der Waals surface area contributed by atoms with Crippen LogP contribution in [-0.4, -0.2) is 6.54 Å². The van der Waals surface area contributed by atoms with Gasteiger partial charge in [-0.2, -0.15) is 0 Å². The smallest absolute Gasteiger partial charge is 0.0268 e. The van der Waals surface area contributed by atoms with Crippen LogP contribution >= 0.6 is 31.9 Å². The van der Waals surface area contributed by atoms with Gasteiger partial charge in [-0.3, -0.25) is 0 Å². The molecule has 0 unspecified atom stereocenters. The molecule has 0 radical (unpaired) electrons. The van der Waals surface area contributed by atoms with Crippen molar-refractivity contribution in [3.05, 3.63) is 44.9 Å². The van der Waals surface area contributed by atoms with Gasteiger partial charge < -0.3 is 5.32 Å². The number of nitrogens with one attached hydrogen (secondary N) is 1. The first-order chi connectivity index (χ1) is 6.59. The lowest BCUT2D eigenvalue weighted by Crippen LogP contribution is -2.15. The van der Waals surface area contributed by atoms with E-state index >= 15 is 0 Å². The van der Waals surface area contributed by atoms with Crippen LogP contribution in [0.15, 0.2) is 33.7 Å². The van der Waals surface area contributed by atoms with Crippen molar-refractivity contribution in [3.63, 3.8) is 0 Å². The normalized spacial score (nSPS) is 10.2. The van der Waals surface area contributed by atoms with E-state index in [1.54, 1.807) is 0 Å². The van der Waals surface area contributed by atoms with E-state index in [0.29, 0.717) is 0 Å². The molecular formula is C11H13Br2N. The Morgan fingerprint density at radius 2 is 2.21 bits per heavy atom. The van der Waals surface area contributed by atoms with Crippen LogP contribution in [0.2, 0.25) is 0 Å². The van der Waals surface area contributed by atoms with Crippen molar-refractivity contribution >= 4 is 31.9 Å².